The van der Waals surface area contributed by atoms with Crippen molar-refractivity contribution in [1.29, 1.82) is 0 Å². The quantitative estimate of drug-likeness (QED) is 0.661. The smallest absolute Gasteiger partial charge is 0.0695 e. The molecule has 122 valence electrons. The lowest BCUT2D eigenvalue weighted by atomic mass is 9.86. The molecule has 0 aliphatic heterocycles. The molecule has 2 heterocycles. The van der Waals surface area contributed by atoms with Crippen molar-refractivity contribution in [2.75, 3.05) is 0 Å². The minimum absolute atomic E-state index is 0.161. The highest BCUT2D eigenvalue weighted by molar-refractivity contribution is 7.71. The Hall–Kier alpha value is -2.05. The van der Waals surface area contributed by atoms with Crippen molar-refractivity contribution in [1.82, 2.24) is 9.97 Å². The summed E-state index contributed by atoms with van der Waals surface area (Å²) in [6, 6.07) is 21.2. The van der Waals surface area contributed by atoms with Gasteiger partial charge >= 0.3 is 0 Å². The summed E-state index contributed by atoms with van der Waals surface area (Å²) in [4.78, 5) is 9.22. The predicted molar refractivity (Wildman–Crippen MR) is 104 cm³/mol. The first-order valence-electron chi connectivity index (χ1n) is 8.23. The maximum atomic E-state index is 4.61. The van der Waals surface area contributed by atoms with Crippen LogP contribution in [0.1, 0.15) is 31.9 Å². The van der Waals surface area contributed by atoms with E-state index in [2.05, 4.69) is 79.3 Å². The number of benzene rings is 1. The van der Waals surface area contributed by atoms with Gasteiger partial charge in [-0.25, -0.2) is 0 Å². The van der Waals surface area contributed by atoms with Crippen LogP contribution in [0.3, 0.4) is 0 Å². The van der Waals surface area contributed by atoms with E-state index in [1.807, 2.05) is 24.5 Å². The van der Waals surface area contributed by atoms with Crippen LogP contribution in [-0.2, 0) is 11.6 Å². The molecule has 0 atom stereocenters. The molecule has 0 unspecified atom stereocenters. The van der Waals surface area contributed by atoms with E-state index in [1.54, 1.807) is 0 Å². The second-order valence-electron chi connectivity index (χ2n) is 6.91. The van der Waals surface area contributed by atoms with Crippen molar-refractivity contribution < 1.29 is 0 Å². The van der Waals surface area contributed by atoms with Crippen molar-refractivity contribution in [3.63, 3.8) is 0 Å². The fraction of sp³-hybridized carbons (Fsp3) is 0.238. The zero-order valence-corrected chi connectivity index (χ0v) is 15.4. The number of pyridine rings is 2. The Kier molecular flexibility index (Phi) is 5.06. The molecule has 2 nitrogen and oxygen atoms in total. The lowest BCUT2D eigenvalue weighted by Gasteiger charge is -2.21. The van der Waals surface area contributed by atoms with Crippen LogP contribution in [0, 0.1) is 0 Å². The lowest BCUT2D eigenvalue weighted by Crippen LogP contribution is -2.18. The van der Waals surface area contributed by atoms with Gasteiger partial charge < -0.3 is 0 Å². The number of nitrogens with zero attached hydrogens (tertiary/aromatic N) is 2. The summed E-state index contributed by atoms with van der Waals surface area (Å²) in [6.45, 7) is 6.77. The number of hydrogen-bond donors (Lipinski definition) is 0. The molecule has 0 aliphatic rings. The Morgan fingerprint density at radius 1 is 0.792 bits per heavy atom. The summed E-state index contributed by atoms with van der Waals surface area (Å²) < 4.78 is 0. The lowest BCUT2D eigenvalue weighted by molar-refractivity contribution is 0.589. The largest absolute Gasteiger partial charge is 0.256 e. The van der Waals surface area contributed by atoms with Gasteiger partial charge in [0, 0.05) is 26.5 Å². The zero-order chi connectivity index (χ0) is 17.0. The molecule has 1 aromatic carbocycles. The Balaban J connectivity index is 1.96. The van der Waals surface area contributed by atoms with E-state index in [9.17, 15) is 0 Å². The summed E-state index contributed by atoms with van der Waals surface area (Å²) >= 11 is 0. The van der Waals surface area contributed by atoms with Gasteiger partial charge in [0.25, 0.3) is 0 Å². The summed E-state index contributed by atoms with van der Waals surface area (Å²) in [6.07, 6.45) is 4.71. The second-order valence-corrected chi connectivity index (χ2v) is 9.00. The van der Waals surface area contributed by atoms with E-state index in [0.717, 1.165) is 17.0 Å². The zero-order valence-electron chi connectivity index (χ0n) is 14.5. The molecule has 3 heteroatoms. The number of aromatic nitrogens is 2. The van der Waals surface area contributed by atoms with Crippen LogP contribution in [0.15, 0.2) is 73.1 Å². The topological polar surface area (TPSA) is 25.8 Å². The molecule has 0 saturated carbocycles. The van der Waals surface area contributed by atoms with Crippen LogP contribution in [-0.4, -0.2) is 9.97 Å². The molecule has 0 saturated heterocycles. The minimum Gasteiger partial charge on any atom is -0.256 e. The third-order valence-corrected chi connectivity index (χ3v) is 6.30. The van der Waals surface area contributed by atoms with Gasteiger partial charge in [-0.3, -0.25) is 9.97 Å². The van der Waals surface area contributed by atoms with Crippen molar-refractivity contribution >= 4 is 18.8 Å². The fourth-order valence-electron chi connectivity index (χ4n) is 2.62. The van der Waals surface area contributed by atoms with E-state index < -0.39 is 7.92 Å². The number of rotatable bonds is 4. The molecule has 0 N–H and O–H groups in total. The highest BCUT2D eigenvalue weighted by atomic mass is 31.1. The highest BCUT2D eigenvalue weighted by Crippen LogP contribution is 2.37. The summed E-state index contributed by atoms with van der Waals surface area (Å²) in [5.41, 5.74) is 5.15. The van der Waals surface area contributed by atoms with Gasteiger partial charge in [0.05, 0.1) is 10.9 Å². The summed E-state index contributed by atoms with van der Waals surface area (Å²) in [5.74, 6) is 0. The van der Waals surface area contributed by atoms with Gasteiger partial charge in [-0.15, -0.1) is 0 Å². The Labute approximate surface area is 145 Å². The molecule has 2 aromatic heterocycles. The average Bonchev–Trinajstić information content (AvgIpc) is 2.61. The summed E-state index contributed by atoms with van der Waals surface area (Å²) in [5, 5.41) is 0. The molecule has 0 bridgehead atoms. The Morgan fingerprint density at radius 2 is 1.42 bits per heavy atom. The first kappa shape index (κ1) is 16.8. The molecule has 0 amide bonds. The SMILES string of the molecule is CC(C)(C)c1cccc(CP(c2ccccn2)c2ccccn2)c1. The molecule has 0 aliphatic carbocycles. The maximum absolute atomic E-state index is 4.61. The van der Waals surface area contributed by atoms with Crippen molar-refractivity contribution in [2.45, 2.75) is 32.3 Å². The normalized spacial score (nSPS) is 11.7. The van der Waals surface area contributed by atoms with E-state index in [0.29, 0.717) is 0 Å². The molecule has 3 aromatic rings. The highest BCUT2D eigenvalue weighted by Gasteiger charge is 2.19. The first-order chi connectivity index (χ1) is 11.5. The molecular formula is C21H23N2P. The van der Waals surface area contributed by atoms with Crippen molar-refractivity contribution in [3.05, 3.63) is 84.2 Å². The molecule has 0 spiro atoms. The van der Waals surface area contributed by atoms with Crippen LogP contribution >= 0.6 is 7.92 Å². The third kappa shape index (κ3) is 4.07. The maximum Gasteiger partial charge on any atom is 0.0695 e. The average molecular weight is 334 g/mol. The van der Waals surface area contributed by atoms with Crippen molar-refractivity contribution in [3.8, 4) is 0 Å². The van der Waals surface area contributed by atoms with Gasteiger partial charge in [-0.05, 0) is 40.8 Å². The Bertz CT molecular complexity index is 740. The minimum atomic E-state index is -0.598. The van der Waals surface area contributed by atoms with E-state index in [-0.39, 0.29) is 5.41 Å². The van der Waals surface area contributed by atoms with Gasteiger partial charge in [0.1, 0.15) is 0 Å². The van der Waals surface area contributed by atoms with Crippen LogP contribution in [0.25, 0.3) is 0 Å². The fourth-order valence-corrected chi connectivity index (χ4v) is 4.69. The molecule has 24 heavy (non-hydrogen) atoms. The van der Waals surface area contributed by atoms with Crippen LogP contribution in [0.5, 0.6) is 0 Å². The van der Waals surface area contributed by atoms with Crippen LogP contribution < -0.4 is 10.9 Å². The molecule has 0 fully saturated rings. The van der Waals surface area contributed by atoms with Gasteiger partial charge in [0.2, 0.25) is 0 Å². The van der Waals surface area contributed by atoms with Gasteiger partial charge in [-0.1, -0.05) is 57.2 Å². The number of hydrogen-bond acceptors (Lipinski definition) is 2. The van der Waals surface area contributed by atoms with E-state index in [4.69, 9.17) is 0 Å². The third-order valence-electron chi connectivity index (χ3n) is 3.99. The van der Waals surface area contributed by atoms with E-state index >= 15 is 0 Å². The second kappa shape index (κ2) is 7.23. The first-order valence-corrected chi connectivity index (χ1v) is 9.76. The standard InChI is InChI=1S/C21H23N2P/c1-21(2,3)18-10-8-9-17(15-18)16-24(19-11-4-6-13-22-19)20-12-5-7-14-23-20/h4-15H,16H2,1-3H3. The molecule has 0 radical (unpaired) electrons. The predicted octanol–water partition coefficient (Wildman–Crippen LogP) is 4.41. The van der Waals surface area contributed by atoms with Crippen LogP contribution in [0.2, 0.25) is 0 Å². The molecular weight excluding hydrogens is 311 g/mol. The Morgan fingerprint density at radius 3 is 1.92 bits per heavy atom. The van der Waals surface area contributed by atoms with Gasteiger partial charge in [0.15, 0.2) is 0 Å². The van der Waals surface area contributed by atoms with Crippen molar-refractivity contribution in [2.24, 2.45) is 0 Å². The van der Waals surface area contributed by atoms with E-state index in [1.165, 1.54) is 11.1 Å². The summed E-state index contributed by atoms with van der Waals surface area (Å²) in [7, 11) is -0.598. The van der Waals surface area contributed by atoms with Crippen LogP contribution in [0.4, 0.5) is 0 Å². The monoisotopic (exact) mass is 334 g/mol. The molecule has 3 rings (SSSR count). The van der Waals surface area contributed by atoms with Gasteiger partial charge in [-0.2, -0.15) is 0 Å².